The summed E-state index contributed by atoms with van der Waals surface area (Å²) in [5, 5.41) is 5.56. The van der Waals surface area contributed by atoms with E-state index in [-0.39, 0.29) is 23.9 Å². The molecule has 4 N–H and O–H groups in total. The van der Waals surface area contributed by atoms with Gasteiger partial charge in [-0.2, -0.15) is 0 Å². The van der Waals surface area contributed by atoms with Gasteiger partial charge in [-0.15, -0.1) is 0 Å². The Morgan fingerprint density at radius 1 is 0.568 bits per heavy atom. The molecule has 13 rings (SSSR count). The van der Waals surface area contributed by atoms with E-state index in [4.69, 9.17) is 19.4 Å². The van der Waals surface area contributed by atoms with E-state index in [2.05, 4.69) is 63.1 Å². The molecule has 2 aliphatic heterocycles. The highest BCUT2D eigenvalue weighted by Crippen LogP contribution is 2.62. The number of rotatable bonds is 11. The lowest BCUT2D eigenvalue weighted by atomic mass is 9.77. The van der Waals surface area contributed by atoms with Gasteiger partial charge in [0.25, 0.3) is 11.8 Å². The first-order valence-corrected chi connectivity index (χ1v) is 26.5. The molecule has 14 nitrogen and oxygen atoms in total. The van der Waals surface area contributed by atoms with E-state index in [9.17, 15) is 19.2 Å². The van der Waals surface area contributed by atoms with Gasteiger partial charge >= 0.3 is 12.2 Å². The van der Waals surface area contributed by atoms with Crippen LogP contribution in [0.1, 0.15) is 157 Å². The largest absolute Gasteiger partial charge is 0.453 e. The summed E-state index contributed by atoms with van der Waals surface area (Å²) in [6.45, 7) is 1.14. The number of likely N-dealkylation sites (tertiary alicyclic amines) is 2. The fraction of sp³-hybridized carbons (Fsp3) is 0.367. The first-order chi connectivity index (χ1) is 36.2. The smallest absolute Gasteiger partial charge is 0.407 e. The predicted molar refractivity (Wildman–Crippen MR) is 280 cm³/mol. The van der Waals surface area contributed by atoms with Crippen LogP contribution in [0.4, 0.5) is 9.59 Å². The molecule has 2 saturated heterocycles. The van der Waals surface area contributed by atoms with Crippen LogP contribution >= 0.6 is 0 Å². The second kappa shape index (κ2) is 18.6. The van der Waals surface area contributed by atoms with Crippen molar-refractivity contribution in [3.8, 4) is 33.5 Å². The van der Waals surface area contributed by atoms with Gasteiger partial charge in [0, 0.05) is 18.7 Å². The van der Waals surface area contributed by atoms with Crippen LogP contribution in [0.5, 0.6) is 0 Å². The number of aromatic amines is 2. The van der Waals surface area contributed by atoms with Gasteiger partial charge in [0.2, 0.25) is 0 Å². The first-order valence-electron chi connectivity index (χ1n) is 26.5. The van der Waals surface area contributed by atoms with Crippen molar-refractivity contribution in [1.82, 2.24) is 40.4 Å². The number of H-pyrrole nitrogens is 2. The van der Waals surface area contributed by atoms with Crippen molar-refractivity contribution >= 4 is 35.0 Å². The van der Waals surface area contributed by atoms with Gasteiger partial charge in [-0.1, -0.05) is 91.0 Å². The molecule has 74 heavy (non-hydrogen) atoms. The number of imidazole rings is 2. The maximum atomic E-state index is 14.3. The summed E-state index contributed by atoms with van der Waals surface area (Å²) in [6, 6.07) is 32.4. The third kappa shape index (κ3) is 7.74. The Kier molecular flexibility index (Phi) is 11.6. The Labute approximate surface area is 429 Å². The van der Waals surface area contributed by atoms with Crippen LogP contribution in [0.2, 0.25) is 0 Å². The minimum Gasteiger partial charge on any atom is -0.453 e. The van der Waals surface area contributed by atoms with E-state index in [1.807, 2.05) is 76.7 Å². The molecule has 7 aromatic rings. The zero-order valence-corrected chi connectivity index (χ0v) is 41.7. The third-order valence-corrected chi connectivity index (χ3v) is 17.4. The highest BCUT2D eigenvalue weighted by Gasteiger charge is 2.45. The summed E-state index contributed by atoms with van der Waals surface area (Å²) in [5.74, 6) is 3.19. The van der Waals surface area contributed by atoms with Gasteiger partial charge < -0.3 is 39.9 Å². The number of hydrogen-bond acceptors (Lipinski definition) is 8. The topological polar surface area (TPSA) is 175 Å². The predicted octanol–water partition coefficient (Wildman–Crippen LogP) is 11.5. The zero-order chi connectivity index (χ0) is 50.2. The zero-order valence-electron chi connectivity index (χ0n) is 41.7. The van der Waals surface area contributed by atoms with E-state index in [0.29, 0.717) is 47.9 Å². The molecule has 4 fully saturated rings. The molecule has 376 valence electrons. The van der Waals surface area contributed by atoms with Crippen molar-refractivity contribution in [3.05, 3.63) is 154 Å². The van der Waals surface area contributed by atoms with Gasteiger partial charge in [-0.25, -0.2) is 19.6 Å². The van der Waals surface area contributed by atoms with E-state index in [1.165, 1.54) is 103 Å². The van der Waals surface area contributed by atoms with Crippen LogP contribution in [0.15, 0.2) is 109 Å². The van der Waals surface area contributed by atoms with Gasteiger partial charge in [0.05, 0.1) is 49.2 Å². The number of ether oxygens (including phenoxy) is 2. The Bertz CT molecular complexity index is 3350. The molecule has 2 aromatic heterocycles. The lowest BCUT2D eigenvalue weighted by molar-refractivity contribution is -0.135. The van der Waals surface area contributed by atoms with Crippen molar-refractivity contribution in [2.45, 2.75) is 112 Å². The van der Waals surface area contributed by atoms with Crippen LogP contribution in [-0.4, -0.2) is 81.0 Å². The Balaban J connectivity index is 0.804. The van der Waals surface area contributed by atoms with Crippen LogP contribution in [-0.2, 0) is 19.1 Å². The van der Waals surface area contributed by atoms with Crippen LogP contribution in [0.25, 0.3) is 44.5 Å². The summed E-state index contributed by atoms with van der Waals surface area (Å²) < 4.78 is 9.85. The molecule has 4 amide bonds. The number of benzene rings is 5. The molecule has 4 heterocycles. The number of carbonyl (C=O) groups excluding carboxylic acids is 4. The van der Waals surface area contributed by atoms with Crippen LogP contribution in [0, 0.1) is 0 Å². The second-order valence-electron chi connectivity index (χ2n) is 21.3. The van der Waals surface area contributed by atoms with E-state index >= 15 is 0 Å². The van der Waals surface area contributed by atoms with Crippen molar-refractivity contribution in [2.75, 3.05) is 27.3 Å². The SMILES string of the molecule is COC(=O)NC(C(=O)N1CCCC1c1ncc(-c2ccc(-c3ccc(-c4ccc5nc(C6CCCN6C(=O)C(NC(=O)OC)c6ccccc6)[nH]c5c4)c4c3C3CCC4C3)c3c2C2CCC3C2)[nH]1)c1ccccc1. The molecular formula is C60H60N8O6. The van der Waals surface area contributed by atoms with Crippen molar-refractivity contribution < 1.29 is 28.7 Å². The molecule has 4 aliphatic carbocycles. The molecule has 14 heteroatoms. The van der Waals surface area contributed by atoms with Gasteiger partial charge in [0.1, 0.15) is 23.7 Å². The summed E-state index contributed by atoms with van der Waals surface area (Å²) >= 11 is 0. The number of methoxy groups -OCH3 is 2. The monoisotopic (exact) mass is 988 g/mol. The third-order valence-electron chi connectivity index (χ3n) is 17.4. The number of carbonyl (C=O) groups is 4. The fourth-order valence-corrected chi connectivity index (χ4v) is 14.2. The van der Waals surface area contributed by atoms with E-state index in [1.54, 1.807) is 0 Å². The van der Waals surface area contributed by atoms with Crippen LogP contribution in [0.3, 0.4) is 0 Å². The summed E-state index contributed by atoms with van der Waals surface area (Å²) in [4.78, 5) is 74.6. The molecule has 0 radical (unpaired) electrons. The summed E-state index contributed by atoms with van der Waals surface area (Å²) in [5.41, 5.74) is 16.6. The average molecular weight is 989 g/mol. The van der Waals surface area contributed by atoms with Crippen molar-refractivity contribution in [2.24, 2.45) is 0 Å². The normalized spacial score (nSPS) is 22.9. The molecular weight excluding hydrogens is 929 g/mol. The van der Waals surface area contributed by atoms with E-state index < -0.39 is 24.3 Å². The number of nitrogens with zero attached hydrogens (tertiary/aromatic N) is 4. The maximum absolute atomic E-state index is 14.3. The Morgan fingerprint density at radius 2 is 1.05 bits per heavy atom. The number of fused-ring (bicyclic) bond motifs is 11. The molecule has 0 spiro atoms. The van der Waals surface area contributed by atoms with Gasteiger partial charge in [-0.05, 0) is 156 Å². The van der Waals surface area contributed by atoms with E-state index in [0.717, 1.165) is 54.1 Å². The maximum Gasteiger partial charge on any atom is 0.407 e. The summed E-state index contributed by atoms with van der Waals surface area (Å²) in [6.07, 6.45) is 11.0. The highest BCUT2D eigenvalue weighted by molar-refractivity contribution is 5.90. The molecule has 5 aromatic carbocycles. The molecule has 6 aliphatic rings. The molecule has 4 bridgehead atoms. The first kappa shape index (κ1) is 46.1. The lowest BCUT2D eigenvalue weighted by Gasteiger charge is -2.28. The number of aromatic nitrogens is 4. The molecule has 2 saturated carbocycles. The standard InChI is InChI=1S/C60H60N8O6/c1-73-59(71)65-53(33-11-5-3-6-12-33)57(69)67-27-9-15-47(67)55-61-32-46(64-55)43-25-24-42(51-38-19-20-39(30-38)52(43)51)41-23-22-40(49-36-17-18-37(29-36)50(41)49)35-21-26-44-45(31-35)63-56(62-44)48-16-10-28-68(48)58(70)54(66-60(72)74-2)34-13-7-4-8-14-34/h3-8,11-14,21-26,31-32,36-39,47-48,53-54H,9-10,15-20,27-30H2,1-2H3,(H,61,64)(H,62,63)(H,65,71)(H,66,72). The quantitative estimate of drug-likeness (QED) is 0.0990. The van der Waals surface area contributed by atoms with Gasteiger partial charge in [-0.3, -0.25) is 9.59 Å². The Hall–Kier alpha value is -7.74. The number of alkyl carbamates (subject to hydrolysis) is 2. The average Bonchev–Trinajstić information content (AvgIpc) is 4.31. The van der Waals surface area contributed by atoms with Crippen molar-refractivity contribution in [1.29, 1.82) is 0 Å². The minimum atomic E-state index is -0.882. The number of hydrogen-bond donors (Lipinski definition) is 4. The van der Waals surface area contributed by atoms with Gasteiger partial charge in [0.15, 0.2) is 0 Å². The number of amides is 4. The lowest BCUT2D eigenvalue weighted by Crippen LogP contribution is -2.42. The second-order valence-corrected chi connectivity index (χ2v) is 21.3. The highest BCUT2D eigenvalue weighted by atomic mass is 16.5. The molecule has 8 atom stereocenters. The van der Waals surface area contributed by atoms with Crippen LogP contribution < -0.4 is 10.6 Å². The Morgan fingerprint density at radius 3 is 1.59 bits per heavy atom. The molecule has 8 unspecified atom stereocenters. The fourth-order valence-electron chi connectivity index (χ4n) is 14.2. The number of nitrogens with one attached hydrogen (secondary N) is 4. The minimum absolute atomic E-state index is 0.181. The van der Waals surface area contributed by atoms with Crippen molar-refractivity contribution in [3.63, 3.8) is 0 Å². The summed E-state index contributed by atoms with van der Waals surface area (Å²) in [7, 11) is 2.61.